The summed E-state index contributed by atoms with van der Waals surface area (Å²) in [6.45, 7) is 3.41. The van der Waals surface area contributed by atoms with Crippen LogP contribution >= 0.6 is 0 Å². The number of amides is 3. The van der Waals surface area contributed by atoms with Gasteiger partial charge < -0.3 is 25.1 Å². The van der Waals surface area contributed by atoms with Crippen molar-refractivity contribution in [1.82, 2.24) is 26.1 Å². The number of nitrogens with zero attached hydrogens (tertiary/aromatic N) is 2. The molecule has 2 unspecified atom stereocenters. The minimum Gasteiger partial charge on any atom is -0.445 e. The van der Waals surface area contributed by atoms with Crippen molar-refractivity contribution in [2.75, 3.05) is 0 Å². The van der Waals surface area contributed by atoms with Crippen LogP contribution in [-0.2, 0) is 38.7 Å². The van der Waals surface area contributed by atoms with E-state index in [4.69, 9.17) is 9.15 Å². The Hall–Kier alpha value is -3.76. The maximum Gasteiger partial charge on any atom is 0.408 e. The molecule has 1 aromatic heterocycles. The van der Waals surface area contributed by atoms with Gasteiger partial charge in [-0.2, -0.15) is 0 Å². The lowest BCUT2D eigenvalue weighted by atomic mass is 10.0. The lowest BCUT2D eigenvalue weighted by Crippen LogP contribution is -2.56. The summed E-state index contributed by atoms with van der Waals surface area (Å²) in [6.07, 6.45) is -0.924. The Balaban J connectivity index is 1.64. The highest BCUT2D eigenvalue weighted by molar-refractivity contribution is 6.38. The molecule has 0 fully saturated rings. The van der Waals surface area contributed by atoms with Crippen molar-refractivity contribution in [3.63, 3.8) is 0 Å². The summed E-state index contributed by atoms with van der Waals surface area (Å²) >= 11 is 0. The molecular weight excluding hydrogens is 406 g/mol. The second kappa shape index (κ2) is 9.83. The number of aromatic nitrogens is 2. The van der Waals surface area contributed by atoms with Crippen LogP contribution in [0.3, 0.4) is 0 Å². The van der Waals surface area contributed by atoms with Gasteiger partial charge in [0.05, 0.1) is 13.0 Å². The third-order valence-electron chi connectivity index (χ3n) is 4.58. The van der Waals surface area contributed by atoms with Crippen LogP contribution in [0, 0.1) is 5.92 Å². The van der Waals surface area contributed by atoms with Crippen LogP contribution in [0.2, 0.25) is 0 Å². The average Bonchev–Trinajstić information content (AvgIpc) is 3.21. The lowest BCUT2D eigenvalue weighted by molar-refractivity contribution is -0.140. The standard InChI is InChI=1S/C20H23N5O6/c1-11(2)16(23-20(29)30-10-12-6-4-3-5-7-12)18(27)22-13-8-14-24-25-15(31-14)9-21-19(28)17(13)26/h3-7,11,13,16H,8-10H2,1-2H3,(H,21,28)(H,22,27)(H,23,29). The Kier molecular flexibility index (Phi) is 6.96. The van der Waals surface area contributed by atoms with E-state index in [2.05, 4.69) is 26.1 Å². The van der Waals surface area contributed by atoms with Gasteiger partial charge in [-0.25, -0.2) is 4.79 Å². The van der Waals surface area contributed by atoms with Gasteiger partial charge in [0, 0.05) is 0 Å². The Labute approximate surface area is 177 Å². The van der Waals surface area contributed by atoms with Gasteiger partial charge in [-0.15, -0.1) is 10.2 Å². The summed E-state index contributed by atoms with van der Waals surface area (Å²) in [6, 6.07) is 6.87. The van der Waals surface area contributed by atoms with Crippen molar-refractivity contribution in [3.05, 3.63) is 47.7 Å². The molecule has 2 aromatic rings. The molecule has 164 valence electrons. The number of fused-ring (bicyclic) bond motifs is 2. The van der Waals surface area contributed by atoms with Gasteiger partial charge in [0.15, 0.2) is 0 Å². The number of carbonyl (C=O) groups is 4. The van der Waals surface area contributed by atoms with Crippen LogP contribution < -0.4 is 16.0 Å². The molecule has 2 bridgehead atoms. The number of hydrogen-bond acceptors (Lipinski definition) is 8. The Morgan fingerprint density at radius 2 is 1.90 bits per heavy atom. The molecule has 1 aliphatic rings. The van der Waals surface area contributed by atoms with Crippen molar-refractivity contribution in [2.45, 2.75) is 45.5 Å². The van der Waals surface area contributed by atoms with Gasteiger partial charge in [0.2, 0.25) is 23.5 Å². The summed E-state index contributed by atoms with van der Waals surface area (Å²) in [5, 5.41) is 14.9. The number of ketones is 1. The number of Topliss-reactive ketones (excluding diaryl/α,β-unsaturated/α-hetero) is 1. The van der Waals surface area contributed by atoms with Crippen molar-refractivity contribution < 1.29 is 28.3 Å². The highest BCUT2D eigenvalue weighted by Gasteiger charge is 2.34. The van der Waals surface area contributed by atoms with E-state index in [0.29, 0.717) is 0 Å². The first-order valence-electron chi connectivity index (χ1n) is 9.74. The Bertz CT molecular complexity index is 958. The molecule has 0 spiro atoms. The van der Waals surface area contributed by atoms with E-state index in [1.807, 2.05) is 18.2 Å². The smallest absolute Gasteiger partial charge is 0.408 e. The molecule has 1 aliphatic heterocycles. The molecule has 3 N–H and O–H groups in total. The van der Waals surface area contributed by atoms with E-state index < -0.39 is 35.8 Å². The van der Waals surface area contributed by atoms with E-state index in [0.717, 1.165) is 5.56 Å². The predicted octanol–water partition coefficient (Wildman–Crippen LogP) is 0.247. The third kappa shape index (κ3) is 5.87. The van der Waals surface area contributed by atoms with E-state index in [9.17, 15) is 19.2 Å². The van der Waals surface area contributed by atoms with E-state index in [-0.39, 0.29) is 37.3 Å². The van der Waals surface area contributed by atoms with E-state index in [1.54, 1.807) is 26.0 Å². The topological polar surface area (TPSA) is 153 Å². The van der Waals surface area contributed by atoms with Crippen molar-refractivity contribution in [2.24, 2.45) is 5.92 Å². The quantitative estimate of drug-likeness (QED) is 0.553. The zero-order valence-corrected chi connectivity index (χ0v) is 17.1. The minimum atomic E-state index is -1.22. The molecule has 2 atom stereocenters. The summed E-state index contributed by atoms with van der Waals surface area (Å²) < 4.78 is 10.5. The lowest BCUT2D eigenvalue weighted by Gasteiger charge is -2.24. The molecule has 3 amide bonds. The SMILES string of the molecule is CC(C)C(NC(=O)OCc1ccccc1)C(=O)NC1Cc2nnc(o2)CNC(=O)C1=O. The van der Waals surface area contributed by atoms with Crippen LogP contribution in [0.1, 0.15) is 31.2 Å². The first-order valence-corrected chi connectivity index (χ1v) is 9.74. The second-order valence-corrected chi connectivity index (χ2v) is 7.33. The molecule has 3 rings (SSSR count). The maximum absolute atomic E-state index is 12.8. The molecule has 1 aromatic carbocycles. The first-order chi connectivity index (χ1) is 14.8. The van der Waals surface area contributed by atoms with E-state index >= 15 is 0 Å². The zero-order valence-electron chi connectivity index (χ0n) is 17.1. The molecule has 2 heterocycles. The maximum atomic E-state index is 12.8. The van der Waals surface area contributed by atoms with Gasteiger partial charge in [0.25, 0.3) is 5.91 Å². The fourth-order valence-electron chi connectivity index (χ4n) is 2.92. The average molecular weight is 429 g/mol. The Morgan fingerprint density at radius 3 is 2.61 bits per heavy atom. The van der Waals surface area contributed by atoms with Crippen molar-refractivity contribution >= 4 is 23.7 Å². The largest absolute Gasteiger partial charge is 0.445 e. The van der Waals surface area contributed by atoms with Gasteiger partial charge in [0.1, 0.15) is 18.7 Å². The molecule has 0 saturated carbocycles. The number of ether oxygens (including phenoxy) is 1. The van der Waals surface area contributed by atoms with E-state index in [1.165, 1.54) is 0 Å². The minimum absolute atomic E-state index is 0.0416. The summed E-state index contributed by atoms with van der Waals surface area (Å²) in [5.41, 5.74) is 0.796. The molecule has 11 nitrogen and oxygen atoms in total. The molecule has 31 heavy (non-hydrogen) atoms. The summed E-state index contributed by atoms with van der Waals surface area (Å²) in [7, 11) is 0. The summed E-state index contributed by atoms with van der Waals surface area (Å²) in [4.78, 5) is 49.5. The van der Waals surface area contributed by atoms with Crippen molar-refractivity contribution in [1.29, 1.82) is 0 Å². The predicted molar refractivity (Wildman–Crippen MR) is 105 cm³/mol. The van der Waals surface area contributed by atoms with Crippen LogP contribution in [0.15, 0.2) is 34.7 Å². The normalized spacial score (nSPS) is 17.1. The number of alkyl carbamates (subject to hydrolysis) is 1. The van der Waals surface area contributed by atoms with Gasteiger partial charge in [-0.05, 0) is 11.5 Å². The molecular formula is C20H23N5O6. The Morgan fingerprint density at radius 1 is 1.19 bits per heavy atom. The fourth-order valence-corrected chi connectivity index (χ4v) is 2.92. The van der Waals surface area contributed by atoms with Gasteiger partial charge in [-0.1, -0.05) is 44.2 Å². The number of nitrogens with one attached hydrogen (secondary N) is 3. The number of hydrogen-bond donors (Lipinski definition) is 3. The molecule has 0 saturated heterocycles. The van der Waals surface area contributed by atoms with Crippen LogP contribution in [0.5, 0.6) is 0 Å². The number of carbonyl (C=O) groups excluding carboxylic acids is 4. The third-order valence-corrected chi connectivity index (χ3v) is 4.58. The first kappa shape index (κ1) is 21.9. The van der Waals surface area contributed by atoms with Crippen LogP contribution in [0.4, 0.5) is 4.79 Å². The monoisotopic (exact) mass is 429 g/mol. The van der Waals surface area contributed by atoms with Gasteiger partial charge in [-0.3, -0.25) is 14.4 Å². The highest BCUT2D eigenvalue weighted by Crippen LogP contribution is 2.09. The zero-order chi connectivity index (χ0) is 22.4. The number of rotatable bonds is 6. The molecule has 11 heteroatoms. The van der Waals surface area contributed by atoms with Crippen molar-refractivity contribution in [3.8, 4) is 0 Å². The second-order valence-electron chi connectivity index (χ2n) is 7.33. The number of benzene rings is 1. The molecule has 0 aliphatic carbocycles. The highest BCUT2D eigenvalue weighted by atomic mass is 16.5. The summed E-state index contributed by atoms with van der Waals surface area (Å²) in [5.74, 6) is -2.41. The fraction of sp³-hybridized carbons (Fsp3) is 0.400. The van der Waals surface area contributed by atoms with Crippen LogP contribution in [0.25, 0.3) is 0 Å². The van der Waals surface area contributed by atoms with Gasteiger partial charge >= 0.3 is 6.09 Å². The van der Waals surface area contributed by atoms with Crippen LogP contribution in [-0.4, -0.2) is 46.0 Å². The molecule has 0 radical (unpaired) electrons.